The molecule has 3 heterocycles. The summed E-state index contributed by atoms with van der Waals surface area (Å²) >= 11 is 0. The van der Waals surface area contributed by atoms with Gasteiger partial charge in [0, 0.05) is 27.4 Å². The second-order valence-corrected chi connectivity index (χ2v) is 7.92. The molecule has 3 aromatic heterocycles. The maximum atomic E-state index is 5.86. The zero-order chi connectivity index (χ0) is 21.1. The first-order valence-electron chi connectivity index (χ1n) is 10.6. The lowest BCUT2D eigenvalue weighted by Gasteiger charge is -2.09. The maximum Gasteiger partial charge on any atom is 0.172 e. The van der Waals surface area contributed by atoms with Gasteiger partial charge in [-0.2, -0.15) is 0 Å². The number of nitrogens with zero attached hydrogens (tertiary/aromatic N) is 3. The average molecular weight is 411 g/mol. The van der Waals surface area contributed by atoms with Crippen LogP contribution in [0.15, 0.2) is 108 Å². The molecule has 32 heavy (non-hydrogen) atoms. The van der Waals surface area contributed by atoms with Crippen molar-refractivity contribution in [2.24, 2.45) is 0 Å². The minimum Gasteiger partial charge on any atom is -0.453 e. The molecule has 4 heteroatoms. The van der Waals surface area contributed by atoms with E-state index in [0.717, 1.165) is 27.7 Å². The van der Waals surface area contributed by atoms with Crippen molar-refractivity contribution in [3.8, 4) is 17.1 Å². The minimum atomic E-state index is 0.692. The predicted molar refractivity (Wildman–Crippen MR) is 129 cm³/mol. The van der Waals surface area contributed by atoms with E-state index >= 15 is 0 Å². The third-order valence-corrected chi connectivity index (χ3v) is 6.08. The van der Waals surface area contributed by atoms with Gasteiger partial charge in [-0.3, -0.25) is 0 Å². The Kier molecular flexibility index (Phi) is 3.52. The molecule has 7 aromatic rings. The van der Waals surface area contributed by atoms with Crippen molar-refractivity contribution in [1.29, 1.82) is 0 Å². The third-order valence-electron chi connectivity index (χ3n) is 6.08. The van der Waals surface area contributed by atoms with Crippen LogP contribution in [-0.4, -0.2) is 14.5 Å². The molecule has 4 aromatic carbocycles. The Hall–Kier alpha value is -4.44. The van der Waals surface area contributed by atoms with E-state index in [0.29, 0.717) is 11.4 Å². The number of para-hydroxylation sites is 3. The molecule has 0 aliphatic heterocycles. The highest BCUT2D eigenvalue weighted by Gasteiger charge is 2.13. The van der Waals surface area contributed by atoms with Crippen molar-refractivity contribution < 1.29 is 4.42 Å². The molecular formula is C28H17N3O. The SMILES string of the molecule is c1ccc2c(c1)oc1cnc(-c3ccc(-n4c5ccccc5c5ccccc54)cc3)nc12. The van der Waals surface area contributed by atoms with Crippen LogP contribution in [0.1, 0.15) is 0 Å². The maximum absolute atomic E-state index is 5.86. The summed E-state index contributed by atoms with van der Waals surface area (Å²) in [7, 11) is 0. The van der Waals surface area contributed by atoms with Crippen LogP contribution < -0.4 is 0 Å². The van der Waals surface area contributed by atoms with E-state index in [4.69, 9.17) is 9.40 Å². The molecule has 0 amide bonds. The first-order valence-corrected chi connectivity index (χ1v) is 10.6. The molecule has 4 nitrogen and oxygen atoms in total. The monoisotopic (exact) mass is 411 g/mol. The normalized spacial score (nSPS) is 11.8. The van der Waals surface area contributed by atoms with E-state index in [1.807, 2.05) is 24.3 Å². The quantitative estimate of drug-likeness (QED) is 0.304. The van der Waals surface area contributed by atoms with Gasteiger partial charge in [0.2, 0.25) is 0 Å². The van der Waals surface area contributed by atoms with Crippen LogP contribution in [0.5, 0.6) is 0 Å². The highest BCUT2D eigenvalue weighted by molar-refractivity contribution is 6.09. The highest BCUT2D eigenvalue weighted by atomic mass is 16.3. The molecule has 0 spiro atoms. The Bertz CT molecular complexity index is 1720. The number of aromatic nitrogens is 3. The Morgan fingerprint density at radius 3 is 1.94 bits per heavy atom. The zero-order valence-corrected chi connectivity index (χ0v) is 17.1. The van der Waals surface area contributed by atoms with Crippen LogP contribution >= 0.6 is 0 Å². The molecule has 150 valence electrons. The lowest BCUT2D eigenvalue weighted by Crippen LogP contribution is -1.94. The van der Waals surface area contributed by atoms with E-state index in [-0.39, 0.29) is 0 Å². The summed E-state index contributed by atoms with van der Waals surface area (Å²) in [6.07, 6.45) is 1.76. The minimum absolute atomic E-state index is 0.692. The number of rotatable bonds is 2. The number of furan rings is 1. The fourth-order valence-electron chi connectivity index (χ4n) is 4.61. The molecule has 0 aliphatic rings. The molecule has 0 fully saturated rings. The molecule has 0 N–H and O–H groups in total. The summed E-state index contributed by atoms with van der Waals surface area (Å²) in [6, 6.07) is 33.5. The summed E-state index contributed by atoms with van der Waals surface area (Å²) in [5, 5.41) is 3.52. The Balaban J connectivity index is 1.38. The van der Waals surface area contributed by atoms with E-state index < -0.39 is 0 Å². The first kappa shape index (κ1) is 17.3. The summed E-state index contributed by atoms with van der Waals surface area (Å²) in [5.74, 6) is 0.692. The predicted octanol–water partition coefficient (Wildman–Crippen LogP) is 7.14. The molecule has 0 bridgehead atoms. The molecule has 7 rings (SSSR count). The topological polar surface area (TPSA) is 43.9 Å². The van der Waals surface area contributed by atoms with Crippen molar-refractivity contribution in [3.63, 3.8) is 0 Å². The van der Waals surface area contributed by atoms with Crippen molar-refractivity contribution in [2.75, 3.05) is 0 Å². The van der Waals surface area contributed by atoms with Crippen molar-refractivity contribution in [3.05, 3.63) is 103 Å². The zero-order valence-electron chi connectivity index (χ0n) is 17.1. The van der Waals surface area contributed by atoms with Gasteiger partial charge >= 0.3 is 0 Å². The van der Waals surface area contributed by atoms with Gasteiger partial charge in [0.15, 0.2) is 11.4 Å². The van der Waals surface area contributed by atoms with Gasteiger partial charge in [-0.15, -0.1) is 0 Å². The molecule has 0 aliphatic carbocycles. The number of hydrogen-bond acceptors (Lipinski definition) is 3. The summed E-state index contributed by atoms with van der Waals surface area (Å²) in [6.45, 7) is 0. The van der Waals surface area contributed by atoms with E-state index in [9.17, 15) is 0 Å². The summed E-state index contributed by atoms with van der Waals surface area (Å²) in [5.41, 5.74) is 6.86. The van der Waals surface area contributed by atoms with Crippen LogP contribution in [0.25, 0.3) is 61.0 Å². The van der Waals surface area contributed by atoms with Crippen LogP contribution in [0.4, 0.5) is 0 Å². The number of fused-ring (bicyclic) bond motifs is 6. The van der Waals surface area contributed by atoms with E-state index in [1.54, 1.807) is 6.20 Å². The van der Waals surface area contributed by atoms with Crippen LogP contribution in [0, 0.1) is 0 Å². The van der Waals surface area contributed by atoms with Crippen LogP contribution in [-0.2, 0) is 0 Å². The molecule has 0 saturated heterocycles. The fraction of sp³-hybridized carbons (Fsp3) is 0. The van der Waals surface area contributed by atoms with Gasteiger partial charge in [-0.05, 0) is 48.5 Å². The van der Waals surface area contributed by atoms with E-state index in [1.165, 1.54) is 21.8 Å². The molecule has 0 atom stereocenters. The summed E-state index contributed by atoms with van der Waals surface area (Å²) < 4.78 is 8.17. The van der Waals surface area contributed by atoms with Crippen molar-refractivity contribution >= 4 is 43.9 Å². The van der Waals surface area contributed by atoms with Gasteiger partial charge in [-0.1, -0.05) is 48.5 Å². The fourth-order valence-corrected chi connectivity index (χ4v) is 4.61. The summed E-state index contributed by atoms with van der Waals surface area (Å²) in [4.78, 5) is 9.37. The Labute approximate surface area is 183 Å². The van der Waals surface area contributed by atoms with Gasteiger partial charge in [0.05, 0.1) is 17.2 Å². The van der Waals surface area contributed by atoms with Gasteiger partial charge in [-0.25, -0.2) is 9.97 Å². The number of hydrogen-bond donors (Lipinski definition) is 0. The highest BCUT2D eigenvalue weighted by Crippen LogP contribution is 2.33. The van der Waals surface area contributed by atoms with Crippen LogP contribution in [0.3, 0.4) is 0 Å². The smallest absolute Gasteiger partial charge is 0.172 e. The lowest BCUT2D eigenvalue weighted by molar-refractivity contribution is 0.666. The lowest BCUT2D eigenvalue weighted by atomic mass is 10.1. The van der Waals surface area contributed by atoms with Crippen molar-refractivity contribution in [1.82, 2.24) is 14.5 Å². The van der Waals surface area contributed by atoms with Gasteiger partial charge in [0.25, 0.3) is 0 Å². The first-order chi connectivity index (χ1) is 15.9. The van der Waals surface area contributed by atoms with Gasteiger partial charge in [0.1, 0.15) is 11.1 Å². The Morgan fingerprint density at radius 2 is 1.22 bits per heavy atom. The standard InChI is InChI=1S/C28H17N3O/c1-4-10-23-20(7-1)21-8-2-5-11-24(21)31(23)19-15-13-18(14-16-19)28-29-17-26-27(30-28)22-9-3-6-12-25(22)32-26/h1-17H. The van der Waals surface area contributed by atoms with Gasteiger partial charge < -0.3 is 8.98 Å². The van der Waals surface area contributed by atoms with Crippen molar-refractivity contribution in [2.45, 2.75) is 0 Å². The van der Waals surface area contributed by atoms with E-state index in [2.05, 4.69) is 82.3 Å². The van der Waals surface area contributed by atoms with Crippen LogP contribution in [0.2, 0.25) is 0 Å². The molecule has 0 radical (unpaired) electrons. The molecule has 0 unspecified atom stereocenters. The Morgan fingerprint density at radius 1 is 0.594 bits per heavy atom. The number of benzene rings is 4. The largest absolute Gasteiger partial charge is 0.453 e. The average Bonchev–Trinajstić information content (AvgIpc) is 3.40. The molecule has 0 saturated carbocycles. The third kappa shape index (κ3) is 2.44. The second-order valence-electron chi connectivity index (χ2n) is 7.92. The second kappa shape index (κ2) is 6.53. The molecular weight excluding hydrogens is 394 g/mol.